The Labute approximate surface area is 126 Å². The van der Waals surface area contributed by atoms with Crippen molar-refractivity contribution < 1.29 is 9.84 Å². The van der Waals surface area contributed by atoms with E-state index in [0.29, 0.717) is 11.8 Å². The molecule has 0 bridgehead atoms. The third-order valence-corrected chi connectivity index (χ3v) is 3.67. The van der Waals surface area contributed by atoms with Crippen LogP contribution in [-0.4, -0.2) is 18.8 Å². The fourth-order valence-corrected chi connectivity index (χ4v) is 2.39. The molecule has 0 amide bonds. The number of hydrogen-bond donors (Lipinski definition) is 2. The maximum atomic E-state index is 9.27. The van der Waals surface area contributed by atoms with Gasteiger partial charge >= 0.3 is 0 Å². The molecule has 1 atom stereocenters. The lowest BCUT2D eigenvalue weighted by Gasteiger charge is -2.18. The molecule has 3 nitrogen and oxygen atoms in total. The van der Waals surface area contributed by atoms with Gasteiger partial charge in [-0.15, -0.1) is 0 Å². The number of phenolic OH excluding ortho intramolecular Hbond substituents is 1. The molecular weight excluding hydrogens is 262 g/mol. The first kappa shape index (κ1) is 15.4. The highest BCUT2D eigenvalue weighted by Crippen LogP contribution is 2.20. The zero-order valence-corrected chi connectivity index (χ0v) is 12.7. The number of methoxy groups -OCH3 is 1. The van der Waals surface area contributed by atoms with Gasteiger partial charge in [-0.05, 0) is 54.8 Å². The van der Waals surface area contributed by atoms with Gasteiger partial charge in [-0.25, -0.2) is 0 Å². The lowest BCUT2D eigenvalue weighted by molar-refractivity contribution is 0.414. The Balaban J connectivity index is 1.88. The minimum atomic E-state index is 0.316. The molecule has 2 aromatic rings. The van der Waals surface area contributed by atoms with Gasteiger partial charge < -0.3 is 15.2 Å². The largest absolute Gasteiger partial charge is 0.508 e. The molecule has 2 aromatic carbocycles. The van der Waals surface area contributed by atoms with Crippen molar-refractivity contribution in [2.45, 2.75) is 25.8 Å². The Morgan fingerprint density at radius 3 is 2.29 bits per heavy atom. The van der Waals surface area contributed by atoms with E-state index in [9.17, 15) is 5.11 Å². The quantitative estimate of drug-likeness (QED) is 0.815. The minimum absolute atomic E-state index is 0.316. The van der Waals surface area contributed by atoms with Crippen LogP contribution in [0.3, 0.4) is 0 Å². The highest BCUT2D eigenvalue weighted by molar-refractivity contribution is 5.29. The van der Waals surface area contributed by atoms with Crippen molar-refractivity contribution >= 4 is 0 Å². The van der Waals surface area contributed by atoms with Crippen LogP contribution in [0.25, 0.3) is 0 Å². The molecule has 112 valence electrons. The molecule has 0 saturated carbocycles. The minimum Gasteiger partial charge on any atom is -0.508 e. The Morgan fingerprint density at radius 1 is 1.05 bits per heavy atom. The van der Waals surface area contributed by atoms with Crippen LogP contribution in [0.2, 0.25) is 0 Å². The number of hydrogen-bond acceptors (Lipinski definition) is 3. The summed E-state index contributed by atoms with van der Waals surface area (Å²) in [4.78, 5) is 0. The molecule has 2 N–H and O–H groups in total. The van der Waals surface area contributed by atoms with Crippen LogP contribution in [0.4, 0.5) is 0 Å². The highest BCUT2D eigenvalue weighted by Gasteiger charge is 2.08. The maximum Gasteiger partial charge on any atom is 0.118 e. The van der Waals surface area contributed by atoms with Crippen molar-refractivity contribution in [3.8, 4) is 11.5 Å². The predicted octanol–water partition coefficient (Wildman–Crippen LogP) is 3.68. The molecule has 0 saturated heterocycles. The molecule has 0 aromatic heterocycles. The van der Waals surface area contributed by atoms with E-state index in [1.807, 2.05) is 24.3 Å². The zero-order chi connectivity index (χ0) is 15.1. The lowest BCUT2D eigenvalue weighted by atomic mass is 10.0. The molecule has 21 heavy (non-hydrogen) atoms. The van der Waals surface area contributed by atoms with Gasteiger partial charge in [-0.1, -0.05) is 31.2 Å². The summed E-state index contributed by atoms with van der Waals surface area (Å²) in [5.74, 6) is 1.20. The van der Waals surface area contributed by atoms with Crippen molar-refractivity contribution in [1.82, 2.24) is 5.32 Å². The Bertz CT molecular complexity index is 534. The van der Waals surface area contributed by atoms with Crippen molar-refractivity contribution in [3.05, 3.63) is 59.7 Å². The molecule has 0 spiro atoms. The number of ether oxygens (including phenoxy) is 1. The fraction of sp³-hybridized carbons (Fsp3) is 0.333. The van der Waals surface area contributed by atoms with E-state index < -0.39 is 0 Å². The van der Waals surface area contributed by atoms with Crippen LogP contribution >= 0.6 is 0 Å². The van der Waals surface area contributed by atoms with Gasteiger partial charge in [0.1, 0.15) is 11.5 Å². The van der Waals surface area contributed by atoms with Crippen molar-refractivity contribution in [3.63, 3.8) is 0 Å². The van der Waals surface area contributed by atoms with Crippen LogP contribution < -0.4 is 10.1 Å². The molecule has 0 fully saturated rings. The van der Waals surface area contributed by atoms with Crippen LogP contribution in [0, 0.1) is 0 Å². The summed E-state index contributed by atoms with van der Waals surface area (Å²) in [6.45, 7) is 3.10. The van der Waals surface area contributed by atoms with Crippen molar-refractivity contribution in [1.29, 1.82) is 0 Å². The summed E-state index contributed by atoms with van der Waals surface area (Å²) in [7, 11) is 1.68. The number of rotatable bonds is 7. The fourth-order valence-electron chi connectivity index (χ4n) is 2.39. The van der Waals surface area contributed by atoms with Crippen LogP contribution in [-0.2, 0) is 6.42 Å². The summed E-state index contributed by atoms with van der Waals surface area (Å²) in [6, 6.07) is 16.0. The third-order valence-electron chi connectivity index (χ3n) is 3.67. The summed E-state index contributed by atoms with van der Waals surface area (Å²) < 4.78 is 5.19. The molecule has 0 heterocycles. The number of aromatic hydroxyl groups is 1. The second-order valence-electron chi connectivity index (χ2n) is 5.10. The first-order valence-electron chi connectivity index (χ1n) is 7.38. The van der Waals surface area contributed by atoms with E-state index in [4.69, 9.17) is 4.74 Å². The first-order valence-corrected chi connectivity index (χ1v) is 7.38. The van der Waals surface area contributed by atoms with Crippen molar-refractivity contribution in [2.75, 3.05) is 13.7 Å². The van der Waals surface area contributed by atoms with Gasteiger partial charge in [0.25, 0.3) is 0 Å². The topological polar surface area (TPSA) is 41.5 Å². The summed E-state index contributed by atoms with van der Waals surface area (Å²) in [5, 5.41) is 12.9. The molecular formula is C18H23NO2. The van der Waals surface area contributed by atoms with Gasteiger partial charge in [0, 0.05) is 6.04 Å². The third kappa shape index (κ3) is 4.50. The SMILES string of the molecule is CCC(NCCc1ccc(O)cc1)c1ccc(OC)cc1. The van der Waals surface area contributed by atoms with E-state index in [2.05, 4.69) is 24.4 Å². The lowest BCUT2D eigenvalue weighted by Crippen LogP contribution is -2.23. The Morgan fingerprint density at radius 2 is 1.71 bits per heavy atom. The van der Waals surface area contributed by atoms with Gasteiger partial charge in [0.05, 0.1) is 7.11 Å². The molecule has 0 aliphatic carbocycles. The normalized spacial score (nSPS) is 12.1. The van der Waals surface area contributed by atoms with Gasteiger partial charge in [-0.2, -0.15) is 0 Å². The summed E-state index contributed by atoms with van der Waals surface area (Å²) in [5.41, 5.74) is 2.51. The van der Waals surface area contributed by atoms with E-state index in [1.54, 1.807) is 19.2 Å². The van der Waals surface area contributed by atoms with Crippen LogP contribution in [0.15, 0.2) is 48.5 Å². The predicted molar refractivity (Wildman–Crippen MR) is 85.8 cm³/mol. The number of benzene rings is 2. The standard InChI is InChI=1S/C18H23NO2/c1-3-18(15-6-10-17(21-2)11-7-15)19-13-12-14-4-8-16(20)9-5-14/h4-11,18-20H,3,12-13H2,1-2H3. The first-order chi connectivity index (χ1) is 10.2. The summed E-state index contributed by atoms with van der Waals surface area (Å²) >= 11 is 0. The van der Waals surface area contributed by atoms with Crippen LogP contribution in [0.1, 0.15) is 30.5 Å². The average molecular weight is 285 g/mol. The van der Waals surface area contributed by atoms with Crippen molar-refractivity contribution in [2.24, 2.45) is 0 Å². The molecule has 2 rings (SSSR count). The monoisotopic (exact) mass is 285 g/mol. The van der Waals surface area contributed by atoms with E-state index in [1.165, 1.54) is 11.1 Å². The number of nitrogens with one attached hydrogen (secondary N) is 1. The second-order valence-corrected chi connectivity index (χ2v) is 5.10. The summed E-state index contributed by atoms with van der Waals surface area (Å²) in [6.07, 6.45) is 1.99. The van der Waals surface area contributed by atoms with Gasteiger partial charge in [0.15, 0.2) is 0 Å². The van der Waals surface area contributed by atoms with Gasteiger partial charge in [-0.3, -0.25) is 0 Å². The molecule has 3 heteroatoms. The average Bonchev–Trinajstić information content (AvgIpc) is 2.53. The maximum absolute atomic E-state index is 9.27. The number of phenols is 1. The Kier molecular flexibility index (Phi) is 5.64. The van der Waals surface area contributed by atoms with Gasteiger partial charge in [0.2, 0.25) is 0 Å². The molecule has 1 unspecified atom stereocenters. The molecule has 0 aliphatic rings. The second kappa shape index (κ2) is 7.70. The Hall–Kier alpha value is -2.00. The zero-order valence-electron chi connectivity index (χ0n) is 12.7. The van der Waals surface area contributed by atoms with E-state index in [0.717, 1.165) is 25.1 Å². The molecule has 0 radical (unpaired) electrons. The molecule has 0 aliphatic heterocycles. The smallest absolute Gasteiger partial charge is 0.118 e. The van der Waals surface area contributed by atoms with E-state index >= 15 is 0 Å². The highest BCUT2D eigenvalue weighted by atomic mass is 16.5. The van der Waals surface area contributed by atoms with E-state index in [-0.39, 0.29) is 0 Å². The van der Waals surface area contributed by atoms with Crippen LogP contribution in [0.5, 0.6) is 11.5 Å².